The Labute approximate surface area is 112 Å². The van der Waals surface area contributed by atoms with Gasteiger partial charge >= 0.3 is 0 Å². The number of hydrogen-bond acceptors (Lipinski definition) is 3. The van der Waals surface area contributed by atoms with Crippen LogP contribution < -0.4 is 10.1 Å². The predicted molar refractivity (Wildman–Crippen MR) is 71.0 cm³/mol. The van der Waals surface area contributed by atoms with E-state index >= 15 is 0 Å². The van der Waals surface area contributed by atoms with Gasteiger partial charge < -0.3 is 14.8 Å². The van der Waals surface area contributed by atoms with Crippen LogP contribution in [0, 0.1) is 13.8 Å². The van der Waals surface area contributed by atoms with Crippen molar-refractivity contribution in [3.63, 3.8) is 0 Å². The van der Waals surface area contributed by atoms with E-state index < -0.39 is 13.0 Å². The van der Waals surface area contributed by atoms with E-state index in [-0.39, 0.29) is 0 Å². The van der Waals surface area contributed by atoms with Gasteiger partial charge in [-0.15, -0.1) is 0 Å². The molecule has 0 aromatic heterocycles. The van der Waals surface area contributed by atoms with Crippen molar-refractivity contribution in [2.75, 3.05) is 26.9 Å². The van der Waals surface area contributed by atoms with Gasteiger partial charge in [-0.05, 0) is 30.5 Å². The molecule has 3 nitrogen and oxygen atoms in total. The zero-order valence-electron chi connectivity index (χ0n) is 11.6. The minimum absolute atomic E-state index is 0.556. The van der Waals surface area contributed by atoms with Crippen molar-refractivity contribution in [3.8, 4) is 5.75 Å². The monoisotopic (exact) mass is 273 g/mol. The summed E-state index contributed by atoms with van der Waals surface area (Å²) in [6, 6.07) is 3.90. The topological polar surface area (TPSA) is 30.5 Å². The molecule has 0 spiro atoms. The molecular formula is C14H21F2NO2. The standard InChI is InChI=1S/C14H21F2NO2/c1-10-6-12(8-17-4-5-18-3)7-11(2)14(10)19-9-13(15)16/h6-7,13,17H,4-5,8-9H2,1-3H3. The Morgan fingerprint density at radius 2 is 1.84 bits per heavy atom. The Kier molecular flexibility index (Phi) is 6.73. The lowest BCUT2D eigenvalue weighted by atomic mass is 10.1. The second-order valence-electron chi connectivity index (χ2n) is 4.43. The largest absolute Gasteiger partial charge is 0.487 e. The summed E-state index contributed by atoms with van der Waals surface area (Å²) in [7, 11) is 1.66. The minimum Gasteiger partial charge on any atom is -0.487 e. The smallest absolute Gasteiger partial charge is 0.272 e. The molecule has 5 heteroatoms. The normalized spacial score (nSPS) is 11.1. The molecule has 0 heterocycles. The fourth-order valence-electron chi connectivity index (χ4n) is 1.92. The van der Waals surface area contributed by atoms with Crippen LogP contribution in [0.1, 0.15) is 16.7 Å². The summed E-state index contributed by atoms with van der Waals surface area (Å²) < 4.78 is 34.4. The van der Waals surface area contributed by atoms with Crippen molar-refractivity contribution in [1.29, 1.82) is 0 Å². The lowest BCUT2D eigenvalue weighted by Gasteiger charge is -2.14. The first-order valence-electron chi connectivity index (χ1n) is 6.25. The van der Waals surface area contributed by atoms with E-state index in [4.69, 9.17) is 9.47 Å². The molecule has 0 aliphatic heterocycles. The summed E-state index contributed by atoms with van der Waals surface area (Å²) >= 11 is 0. The van der Waals surface area contributed by atoms with Crippen molar-refractivity contribution < 1.29 is 18.3 Å². The number of aryl methyl sites for hydroxylation is 2. The Bertz CT molecular complexity index is 374. The number of rotatable bonds is 8. The van der Waals surface area contributed by atoms with Crippen LogP contribution in [0.5, 0.6) is 5.75 Å². The zero-order valence-corrected chi connectivity index (χ0v) is 11.6. The van der Waals surface area contributed by atoms with Crippen molar-refractivity contribution in [1.82, 2.24) is 5.32 Å². The van der Waals surface area contributed by atoms with Crippen LogP contribution in [0.2, 0.25) is 0 Å². The van der Waals surface area contributed by atoms with E-state index in [1.54, 1.807) is 7.11 Å². The van der Waals surface area contributed by atoms with E-state index in [0.29, 0.717) is 12.4 Å². The molecule has 0 aliphatic rings. The third-order valence-corrected chi connectivity index (χ3v) is 2.69. The first-order chi connectivity index (χ1) is 9.04. The molecule has 1 aromatic carbocycles. The van der Waals surface area contributed by atoms with Crippen molar-refractivity contribution >= 4 is 0 Å². The highest BCUT2D eigenvalue weighted by Gasteiger charge is 2.09. The summed E-state index contributed by atoms with van der Waals surface area (Å²) in [4.78, 5) is 0. The van der Waals surface area contributed by atoms with E-state index in [2.05, 4.69) is 5.32 Å². The lowest BCUT2D eigenvalue weighted by Crippen LogP contribution is -2.18. The number of ether oxygens (including phenoxy) is 2. The number of alkyl halides is 2. The van der Waals surface area contributed by atoms with Gasteiger partial charge in [-0.3, -0.25) is 0 Å². The second-order valence-corrected chi connectivity index (χ2v) is 4.43. The van der Waals surface area contributed by atoms with Gasteiger partial charge in [0.05, 0.1) is 6.61 Å². The maximum atomic E-state index is 12.2. The minimum atomic E-state index is -2.45. The molecule has 1 rings (SSSR count). The average Bonchev–Trinajstić information content (AvgIpc) is 2.33. The molecule has 1 N–H and O–H groups in total. The van der Waals surface area contributed by atoms with Crippen molar-refractivity contribution in [3.05, 3.63) is 28.8 Å². The van der Waals surface area contributed by atoms with Crippen LogP contribution in [-0.4, -0.2) is 33.3 Å². The molecular weight excluding hydrogens is 252 g/mol. The number of benzene rings is 1. The highest BCUT2D eigenvalue weighted by molar-refractivity contribution is 5.43. The maximum Gasteiger partial charge on any atom is 0.272 e. The Balaban J connectivity index is 2.62. The summed E-state index contributed by atoms with van der Waals surface area (Å²) in [6.45, 7) is 5.33. The van der Waals surface area contributed by atoms with Crippen molar-refractivity contribution in [2.45, 2.75) is 26.8 Å². The molecule has 0 fully saturated rings. The number of nitrogens with one attached hydrogen (secondary N) is 1. The van der Waals surface area contributed by atoms with Crippen molar-refractivity contribution in [2.24, 2.45) is 0 Å². The third kappa shape index (κ3) is 5.53. The van der Waals surface area contributed by atoms with Crippen LogP contribution in [0.15, 0.2) is 12.1 Å². The predicted octanol–water partition coefficient (Wildman–Crippen LogP) is 2.68. The van der Waals surface area contributed by atoms with Gasteiger partial charge in [-0.2, -0.15) is 0 Å². The highest BCUT2D eigenvalue weighted by atomic mass is 19.3. The number of methoxy groups -OCH3 is 1. The van der Waals surface area contributed by atoms with Gasteiger partial charge in [0.25, 0.3) is 6.43 Å². The Hall–Kier alpha value is -1.20. The SMILES string of the molecule is COCCNCc1cc(C)c(OCC(F)F)c(C)c1. The Morgan fingerprint density at radius 3 is 2.37 bits per heavy atom. The van der Waals surface area contributed by atoms with E-state index in [1.165, 1.54) is 0 Å². The summed E-state index contributed by atoms with van der Waals surface area (Å²) in [5.41, 5.74) is 2.86. The quantitative estimate of drug-likeness (QED) is 0.739. The van der Waals surface area contributed by atoms with Crippen LogP contribution >= 0.6 is 0 Å². The Morgan fingerprint density at radius 1 is 1.21 bits per heavy atom. The molecule has 0 unspecified atom stereocenters. The first-order valence-corrected chi connectivity index (χ1v) is 6.25. The molecule has 1 aromatic rings. The van der Waals surface area contributed by atoms with Gasteiger partial charge in [0.15, 0.2) is 0 Å². The first kappa shape index (κ1) is 15.9. The average molecular weight is 273 g/mol. The van der Waals surface area contributed by atoms with Crippen LogP contribution in [-0.2, 0) is 11.3 Å². The summed E-state index contributed by atoms with van der Waals surface area (Å²) in [6.07, 6.45) is -2.45. The van der Waals surface area contributed by atoms with Crippen LogP contribution in [0.4, 0.5) is 8.78 Å². The number of hydrogen-bond donors (Lipinski definition) is 1. The van der Waals surface area contributed by atoms with Gasteiger partial charge in [-0.25, -0.2) is 8.78 Å². The summed E-state index contributed by atoms with van der Waals surface area (Å²) in [5.74, 6) is 0.556. The summed E-state index contributed by atoms with van der Waals surface area (Å²) in [5, 5.41) is 3.24. The fraction of sp³-hybridized carbons (Fsp3) is 0.571. The van der Waals surface area contributed by atoms with Crippen LogP contribution in [0.25, 0.3) is 0 Å². The number of halogens is 2. The van der Waals surface area contributed by atoms with Gasteiger partial charge in [0.1, 0.15) is 12.4 Å². The molecule has 0 bridgehead atoms. The molecule has 0 radical (unpaired) electrons. The molecule has 19 heavy (non-hydrogen) atoms. The highest BCUT2D eigenvalue weighted by Crippen LogP contribution is 2.25. The molecule has 0 amide bonds. The molecule has 108 valence electrons. The van der Waals surface area contributed by atoms with Crippen LogP contribution in [0.3, 0.4) is 0 Å². The fourth-order valence-corrected chi connectivity index (χ4v) is 1.92. The van der Waals surface area contributed by atoms with Gasteiger partial charge in [0, 0.05) is 20.2 Å². The molecule has 0 saturated heterocycles. The van der Waals surface area contributed by atoms with E-state index in [1.807, 2.05) is 26.0 Å². The lowest BCUT2D eigenvalue weighted by molar-refractivity contribution is 0.0812. The van der Waals surface area contributed by atoms with E-state index in [0.717, 1.165) is 29.8 Å². The molecule has 0 saturated carbocycles. The van der Waals surface area contributed by atoms with Gasteiger partial charge in [-0.1, -0.05) is 12.1 Å². The molecule has 0 atom stereocenters. The third-order valence-electron chi connectivity index (χ3n) is 2.69. The zero-order chi connectivity index (χ0) is 14.3. The molecule has 0 aliphatic carbocycles. The van der Waals surface area contributed by atoms with Gasteiger partial charge in [0.2, 0.25) is 0 Å². The maximum absolute atomic E-state index is 12.2. The van der Waals surface area contributed by atoms with E-state index in [9.17, 15) is 8.78 Å². The second kappa shape index (κ2) is 8.07.